The first-order valence-corrected chi connectivity index (χ1v) is 10.2. The first-order valence-electron chi connectivity index (χ1n) is 10.2. The number of ether oxygens (including phenoxy) is 1. The van der Waals surface area contributed by atoms with Gasteiger partial charge >= 0.3 is 0 Å². The third kappa shape index (κ3) is 3.66. The number of nitrogens with zero attached hydrogens (tertiary/aromatic N) is 1. The maximum Gasteiger partial charge on any atom is 0.300 e. The summed E-state index contributed by atoms with van der Waals surface area (Å²) in [5.74, 6) is -1.05. The molecule has 0 bridgehead atoms. The number of hydrogen-bond acceptors (Lipinski definition) is 5. The summed E-state index contributed by atoms with van der Waals surface area (Å²) >= 11 is 0. The number of carbonyl (C=O) groups excluding carboxylic acids is 2. The molecule has 6 nitrogen and oxygen atoms in total. The molecule has 2 heterocycles. The Labute approximate surface area is 184 Å². The maximum absolute atomic E-state index is 13.8. The SMILES string of the molecule is CCOc1cccc(N2C(=O)C(=O)/C(=C(\O)c3ccc(F)c(C)c3)C2c2ccc(C)o2)c1. The van der Waals surface area contributed by atoms with E-state index in [0.717, 1.165) is 0 Å². The van der Waals surface area contributed by atoms with Crippen molar-refractivity contribution >= 4 is 23.1 Å². The number of halogens is 1. The molecule has 0 saturated carbocycles. The summed E-state index contributed by atoms with van der Waals surface area (Å²) in [5, 5.41) is 11.1. The lowest BCUT2D eigenvalue weighted by Crippen LogP contribution is -2.29. The molecule has 1 unspecified atom stereocenters. The predicted octanol–water partition coefficient (Wildman–Crippen LogP) is 5.06. The fraction of sp³-hybridized carbons (Fsp3) is 0.200. The van der Waals surface area contributed by atoms with Crippen molar-refractivity contribution in [1.29, 1.82) is 0 Å². The molecule has 1 atom stereocenters. The predicted molar refractivity (Wildman–Crippen MR) is 117 cm³/mol. The molecule has 0 spiro atoms. The Bertz CT molecular complexity index is 1240. The lowest BCUT2D eigenvalue weighted by molar-refractivity contribution is -0.132. The average molecular weight is 435 g/mol. The molecule has 1 fully saturated rings. The molecule has 32 heavy (non-hydrogen) atoms. The van der Waals surface area contributed by atoms with Crippen LogP contribution in [0.15, 0.2) is 64.6 Å². The van der Waals surface area contributed by atoms with Gasteiger partial charge in [0.15, 0.2) is 0 Å². The van der Waals surface area contributed by atoms with Gasteiger partial charge in [0.25, 0.3) is 11.7 Å². The summed E-state index contributed by atoms with van der Waals surface area (Å²) in [6, 6.07) is 13.2. The minimum atomic E-state index is -0.995. The van der Waals surface area contributed by atoms with Crippen molar-refractivity contribution in [3.05, 3.63) is 88.6 Å². The van der Waals surface area contributed by atoms with Gasteiger partial charge < -0.3 is 14.3 Å². The molecule has 0 aliphatic carbocycles. The van der Waals surface area contributed by atoms with Gasteiger partial charge in [0, 0.05) is 17.3 Å². The van der Waals surface area contributed by atoms with Gasteiger partial charge in [0.05, 0.1) is 12.2 Å². The molecule has 1 aliphatic heterocycles. The molecule has 164 valence electrons. The van der Waals surface area contributed by atoms with Crippen LogP contribution in [0.25, 0.3) is 5.76 Å². The molecule has 7 heteroatoms. The fourth-order valence-electron chi connectivity index (χ4n) is 3.81. The molecule has 2 aromatic carbocycles. The zero-order valence-corrected chi connectivity index (χ0v) is 17.9. The Balaban J connectivity index is 1.92. The highest BCUT2D eigenvalue weighted by molar-refractivity contribution is 6.51. The van der Waals surface area contributed by atoms with E-state index in [2.05, 4.69) is 0 Å². The number of aliphatic hydroxyl groups excluding tert-OH is 1. The molecule has 1 aromatic heterocycles. The van der Waals surface area contributed by atoms with Gasteiger partial charge in [0.1, 0.15) is 34.9 Å². The van der Waals surface area contributed by atoms with E-state index in [4.69, 9.17) is 9.15 Å². The minimum absolute atomic E-state index is 0.128. The number of benzene rings is 2. The number of aryl methyl sites for hydroxylation is 2. The van der Waals surface area contributed by atoms with Crippen LogP contribution < -0.4 is 9.64 Å². The van der Waals surface area contributed by atoms with E-state index in [1.54, 1.807) is 50.2 Å². The summed E-state index contributed by atoms with van der Waals surface area (Å²) in [6.07, 6.45) is 0. The van der Waals surface area contributed by atoms with E-state index in [9.17, 15) is 19.1 Å². The molecule has 4 rings (SSSR count). The lowest BCUT2D eigenvalue weighted by Gasteiger charge is -2.24. The zero-order chi connectivity index (χ0) is 23.0. The summed E-state index contributed by atoms with van der Waals surface area (Å²) in [5.41, 5.74) is 0.833. The second kappa shape index (κ2) is 8.34. The number of furan rings is 1. The smallest absolute Gasteiger partial charge is 0.300 e. The summed E-state index contributed by atoms with van der Waals surface area (Å²) in [4.78, 5) is 27.5. The first-order chi connectivity index (χ1) is 15.3. The van der Waals surface area contributed by atoms with Crippen molar-refractivity contribution in [3.8, 4) is 5.75 Å². The second-order valence-electron chi connectivity index (χ2n) is 7.51. The zero-order valence-electron chi connectivity index (χ0n) is 17.9. The van der Waals surface area contributed by atoms with Crippen molar-refractivity contribution in [2.24, 2.45) is 0 Å². The van der Waals surface area contributed by atoms with Crippen LogP contribution in [0.3, 0.4) is 0 Å². The summed E-state index contributed by atoms with van der Waals surface area (Å²) < 4.78 is 25.1. The highest BCUT2D eigenvalue weighted by atomic mass is 19.1. The largest absolute Gasteiger partial charge is 0.507 e. The van der Waals surface area contributed by atoms with E-state index < -0.39 is 29.3 Å². The van der Waals surface area contributed by atoms with E-state index >= 15 is 0 Å². The normalized spacial score (nSPS) is 17.8. The fourth-order valence-corrected chi connectivity index (χ4v) is 3.81. The van der Waals surface area contributed by atoms with E-state index in [1.165, 1.54) is 23.1 Å². The number of carbonyl (C=O) groups is 2. The van der Waals surface area contributed by atoms with Crippen LogP contribution in [0.4, 0.5) is 10.1 Å². The van der Waals surface area contributed by atoms with Crippen molar-refractivity contribution in [1.82, 2.24) is 0 Å². The van der Waals surface area contributed by atoms with Gasteiger partial charge in [-0.25, -0.2) is 4.39 Å². The Kier molecular flexibility index (Phi) is 5.57. The number of amides is 1. The Morgan fingerprint density at radius 1 is 1.12 bits per heavy atom. The molecular formula is C25H22FNO5. The molecule has 3 aromatic rings. The highest BCUT2D eigenvalue weighted by Crippen LogP contribution is 2.43. The van der Waals surface area contributed by atoms with Crippen molar-refractivity contribution in [2.75, 3.05) is 11.5 Å². The Hall–Kier alpha value is -3.87. The molecule has 1 aliphatic rings. The van der Waals surface area contributed by atoms with Crippen LogP contribution in [-0.4, -0.2) is 23.4 Å². The third-order valence-corrected chi connectivity index (χ3v) is 5.31. The highest BCUT2D eigenvalue weighted by Gasteiger charge is 2.48. The number of Topliss-reactive ketones (excluding diaryl/α,β-unsaturated/α-hetero) is 1. The van der Waals surface area contributed by atoms with Crippen LogP contribution in [0.5, 0.6) is 5.75 Å². The van der Waals surface area contributed by atoms with Gasteiger partial charge in [-0.3, -0.25) is 14.5 Å². The quantitative estimate of drug-likeness (QED) is 0.344. The summed E-state index contributed by atoms with van der Waals surface area (Å²) in [6.45, 7) is 5.58. The second-order valence-corrected chi connectivity index (χ2v) is 7.51. The molecule has 1 amide bonds. The average Bonchev–Trinajstić information content (AvgIpc) is 3.31. The number of hydrogen-bond donors (Lipinski definition) is 1. The van der Waals surface area contributed by atoms with Gasteiger partial charge in [-0.15, -0.1) is 0 Å². The van der Waals surface area contributed by atoms with E-state index in [0.29, 0.717) is 35.1 Å². The van der Waals surface area contributed by atoms with Gasteiger partial charge in [-0.2, -0.15) is 0 Å². The van der Waals surface area contributed by atoms with E-state index in [-0.39, 0.29) is 11.1 Å². The first kappa shape index (κ1) is 21.4. The number of rotatable bonds is 5. The lowest BCUT2D eigenvalue weighted by atomic mass is 9.98. The Morgan fingerprint density at radius 3 is 2.56 bits per heavy atom. The molecule has 1 N–H and O–H groups in total. The van der Waals surface area contributed by atoms with Crippen LogP contribution >= 0.6 is 0 Å². The summed E-state index contributed by atoms with van der Waals surface area (Å²) in [7, 11) is 0. The van der Waals surface area contributed by atoms with E-state index in [1.807, 2.05) is 6.92 Å². The van der Waals surface area contributed by atoms with Gasteiger partial charge in [-0.05, 0) is 68.8 Å². The maximum atomic E-state index is 13.8. The van der Waals surface area contributed by atoms with Crippen molar-refractivity contribution in [3.63, 3.8) is 0 Å². The standard InChI is InChI=1S/C25H22FNO5/c1-4-31-18-7-5-6-17(13-18)27-22(20-11-8-15(3)32-20)21(24(29)25(27)30)23(28)16-9-10-19(26)14(2)12-16/h5-13,22,28H,4H2,1-3H3/b23-21-. The van der Waals surface area contributed by atoms with Gasteiger partial charge in [-0.1, -0.05) is 6.07 Å². The monoisotopic (exact) mass is 435 g/mol. The number of anilines is 1. The topological polar surface area (TPSA) is 80.0 Å². The molecule has 1 saturated heterocycles. The molecular weight excluding hydrogens is 413 g/mol. The van der Waals surface area contributed by atoms with Crippen LogP contribution in [0, 0.1) is 19.7 Å². The number of ketones is 1. The minimum Gasteiger partial charge on any atom is -0.507 e. The third-order valence-electron chi connectivity index (χ3n) is 5.31. The van der Waals surface area contributed by atoms with Crippen LogP contribution in [0.1, 0.15) is 35.6 Å². The van der Waals surface area contributed by atoms with Crippen molar-refractivity contribution < 1.29 is 28.2 Å². The van der Waals surface area contributed by atoms with Crippen LogP contribution in [0.2, 0.25) is 0 Å². The Morgan fingerprint density at radius 2 is 1.91 bits per heavy atom. The molecule has 0 radical (unpaired) electrons. The van der Waals surface area contributed by atoms with Crippen molar-refractivity contribution in [2.45, 2.75) is 26.8 Å². The number of aliphatic hydroxyl groups is 1. The van der Waals surface area contributed by atoms with Crippen LogP contribution in [-0.2, 0) is 9.59 Å². The van der Waals surface area contributed by atoms with Gasteiger partial charge in [0.2, 0.25) is 0 Å².